The van der Waals surface area contributed by atoms with Crippen LogP contribution in [-0.4, -0.2) is 24.5 Å². The number of hydrogen-bond donors (Lipinski definition) is 1. The number of benzene rings is 1. The molecule has 0 spiro atoms. The van der Waals surface area contributed by atoms with Gasteiger partial charge in [-0.15, -0.1) is 0 Å². The molecule has 0 aromatic heterocycles. The Morgan fingerprint density at radius 1 is 1.20 bits per heavy atom. The summed E-state index contributed by atoms with van der Waals surface area (Å²) in [7, 11) is 2.14. The van der Waals surface area contributed by atoms with Crippen LogP contribution in [0.25, 0.3) is 0 Å². The standard InChI is InChI=1S/C18H28N2/c1-18(2)10-6-9-16(17(18)19-3)13-20-11-14-7-4-5-8-15(14)12-20/h4-5,7-8,16-17,19H,6,9-13H2,1-3H3. The summed E-state index contributed by atoms with van der Waals surface area (Å²) in [6, 6.07) is 9.57. The van der Waals surface area contributed by atoms with E-state index in [1.165, 1.54) is 36.9 Å². The van der Waals surface area contributed by atoms with Crippen LogP contribution in [0.4, 0.5) is 0 Å². The molecule has 1 aliphatic carbocycles. The lowest BCUT2D eigenvalue weighted by Crippen LogP contribution is -2.51. The maximum Gasteiger partial charge on any atom is 0.0240 e. The first-order chi connectivity index (χ1) is 9.60. The van der Waals surface area contributed by atoms with Crippen molar-refractivity contribution in [3.8, 4) is 0 Å². The van der Waals surface area contributed by atoms with Crippen LogP contribution in [0.15, 0.2) is 24.3 Å². The summed E-state index contributed by atoms with van der Waals surface area (Å²) in [6.07, 6.45) is 4.12. The Labute approximate surface area is 123 Å². The van der Waals surface area contributed by atoms with Gasteiger partial charge in [0.15, 0.2) is 0 Å². The van der Waals surface area contributed by atoms with Crippen LogP contribution in [0.5, 0.6) is 0 Å². The largest absolute Gasteiger partial charge is 0.316 e. The summed E-state index contributed by atoms with van der Waals surface area (Å²) in [6.45, 7) is 8.38. The molecular weight excluding hydrogens is 244 g/mol. The molecule has 2 atom stereocenters. The van der Waals surface area contributed by atoms with Gasteiger partial charge in [0.1, 0.15) is 0 Å². The minimum absolute atomic E-state index is 0.435. The van der Waals surface area contributed by atoms with Gasteiger partial charge >= 0.3 is 0 Å². The molecule has 1 aromatic carbocycles. The van der Waals surface area contributed by atoms with Crippen LogP contribution >= 0.6 is 0 Å². The molecule has 1 heterocycles. The number of rotatable bonds is 3. The Balaban J connectivity index is 1.67. The number of nitrogens with one attached hydrogen (secondary N) is 1. The molecule has 0 saturated heterocycles. The highest BCUT2D eigenvalue weighted by atomic mass is 15.1. The zero-order valence-electron chi connectivity index (χ0n) is 13.2. The maximum atomic E-state index is 3.61. The predicted molar refractivity (Wildman–Crippen MR) is 84.5 cm³/mol. The van der Waals surface area contributed by atoms with Crippen LogP contribution in [0, 0.1) is 11.3 Å². The molecule has 1 fully saturated rings. The van der Waals surface area contributed by atoms with Gasteiger partial charge in [0.2, 0.25) is 0 Å². The average Bonchev–Trinajstić information content (AvgIpc) is 2.80. The van der Waals surface area contributed by atoms with E-state index in [0.29, 0.717) is 11.5 Å². The number of nitrogens with zero attached hydrogens (tertiary/aromatic N) is 1. The molecule has 2 nitrogen and oxygen atoms in total. The quantitative estimate of drug-likeness (QED) is 0.907. The van der Waals surface area contributed by atoms with E-state index >= 15 is 0 Å². The fourth-order valence-electron chi connectivity index (χ4n) is 4.47. The third kappa shape index (κ3) is 2.64. The van der Waals surface area contributed by atoms with Crippen molar-refractivity contribution in [2.45, 2.75) is 52.2 Å². The minimum Gasteiger partial charge on any atom is -0.316 e. The highest BCUT2D eigenvalue weighted by Crippen LogP contribution is 2.39. The summed E-state index contributed by atoms with van der Waals surface area (Å²) >= 11 is 0. The van der Waals surface area contributed by atoms with Crippen molar-refractivity contribution in [3.63, 3.8) is 0 Å². The zero-order valence-corrected chi connectivity index (χ0v) is 13.2. The second kappa shape index (κ2) is 5.50. The van der Waals surface area contributed by atoms with Gasteiger partial charge in [-0.1, -0.05) is 44.5 Å². The van der Waals surface area contributed by atoms with Gasteiger partial charge in [-0.05, 0) is 42.3 Å². The van der Waals surface area contributed by atoms with E-state index in [-0.39, 0.29) is 0 Å². The fourth-order valence-corrected chi connectivity index (χ4v) is 4.47. The molecule has 110 valence electrons. The van der Waals surface area contributed by atoms with Crippen LogP contribution in [-0.2, 0) is 13.1 Å². The summed E-state index contributed by atoms with van der Waals surface area (Å²) in [5, 5.41) is 3.61. The summed E-state index contributed by atoms with van der Waals surface area (Å²) in [5.41, 5.74) is 3.50. The van der Waals surface area contributed by atoms with E-state index in [4.69, 9.17) is 0 Å². The summed E-state index contributed by atoms with van der Waals surface area (Å²) < 4.78 is 0. The van der Waals surface area contributed by atoms with E-state index in [9.17, 15) is 0 Å². The molecule has 2 unspecified atom stereocenters. The second-order valence-corrected chi connectivity index (χ2v) is 7.35. The first-order valence-electron chi connectivity index (χ1n) is 8.06. The molecule has 2 heteroatoms. The molecule has 1 saturated carbocycles. The van der Waals surface area contributed by atoms with Gasteiger partial charge in [0, 0.05) is 25.7 Å². The topological polar surface area (TPSA) is 15.3 Å². The van der Waals surface area contributed by atoms with Crippen LogP contribution in [0.2, 0.25) is 0 Å². The van der Waals surface area contributed by atoms with Crippen molar-refractivity contribution in [3.05, 3.63) is 35.4 Å². The molecular formula is C18H28N2. The highest BCUT2D eigenvalue weighted by Gasteiger charge is 2.38. The van der Waals surface area contributed by atoms with Gasteiger partial charge in [-0.2, -0.15) is 0 Å². The van der Waals surface area contributed by atoms with E-state index < -0.39 is 0 Å². The molecule has 0 radical (unpaired) electrons. The Morgan fingerprint density at radius 2 is 1.85 bits per heavy atom. The van der Waals surface area contributed by atoms with Crippen molar-refractivity contribution < 1.29 is 0 Å². The third-order valence-electron chi connectivity index (χ3n) is 5.42. The number of hydrogen-bond acceptors (Lipinski definition) is 2. The Bertz CT molecular complexity index is 441. The minimum atomic E-state index is 0.435. The SMILES string of the molecule is CNC1C(CN2Cc3ccccc3C2)CCCC1(C)C. The zero-order chi connectivity index (χ0) is 14.2. The Hall–Kier alpha value is -0.860. The fraction of sp³-hybridized carbons (Fsp3) is 0.667. The van der Waals surface area contributed by atoms with Gasteiger partial charge in [-0.3, -0.25) is 4.90 Å². The molecule has 1 N–H and O–H groups in total. The summed E-state index contributed by atoms with van der Waals surface area (Å²) in [5.74, 6) is 0.790. The summed E-state index contributed by atoms with van der Waals surface area (Å²) in [4.78, 5) is 2.64. The second-order valence-electron chi connectivity index (χ2n) is 7.35. The van der Waals surface area contributed by atoms with Gasteiger partial charge in [-0.25, -0.2) is 0 Å². The molecule has 2 aliphatic rings. The Kier molecular flexibility index (Phi) is 3.87. The van der Waals surface area contributed by atoms with E-state index in [1.807, 2.05) is 0 Å². The van der Waals surface area contributed by atoms with E-state index in [1.54, 1.807) is 0 Å². The molecule has 0 bridgehead atoms. The number of fused-ring (bicyclic) bond motifs is 1. The van der Waals surface area contributed by atoms with E-state index in [2.05, 4.69) is 55.4 Å². The van der Waals surface area contributed by atoms with Gasteiger partial charge in [0.25, 0.3) is 0 Å². The van der Waals surface area contributed by atoms with Crippen molar-refractivity contribution in [1.29, 1.82) is 0 Å². The molecule has 1 aliphatic heterocycles. The third-order valence-corrected chi connectivity index (χ3v) is 5.42. The molecule has 1 aromatic rings. The molecule has 0 amide bonds. The van der Waals surface area contributed by atoms with Crippen molar-refractivity contribution in [2.24, 2.45) is 11.3 Å². The first kappa shape index (κ1) is 14.1. The molecule has 3 rings (SSSR count). The molecule has 20 heavy (non-hydrogen) atoms. The van der Waals surface area contributed by atoms with E-state index in [0.717, 1.165) is 19.0 Å². The predicted octanol–water partition coefficient (Wildman–Crippen LogP) is 3.42. The first-order valence-corrected chi connectivity index (χ1v) is 8.06. The average molecular weight is 272 g/mol. The van der Waals surface area contributed by atoms with Gasteiger partial charge in [0.05, 0.1) is 0 Å². The van der Waals surface area contributed by atoms with Crippen LogP contribution < -0.4 is 5.32 Å². The highest BCUT2D eigenvalue weighted by molar-refractivity contribution is 5.30. The normalized spacial score (nSPS) is 29.4. The van der Waals surface area contributed by atoms with Gasteiger partial charge < -0.3 is 5.32 Å². The lowest BCUT2D eigenvalue weighted by atomic mass is 9.68. The maximum absolute atomic E-state index is 3.61. The lowest BCUT2D eigenvalue weighted by molar-refractivity contribution is 0.0827. The van der Waals surface area contributed by atoms with Crippen molar-refractivity contribution in [1.82, 2.24) is 10.2 Å². The van der Waals surface area contributed by atoms with Crippen LogP contribution in [0.1, 0.15) is 44.2 Å². The monoisotopic (exact) mass is 272 g/mol. The van der Waals surface area contributed by atoms with Crippen molar-refractivity contribution in [2.75, 3.05) is 13.6 Å². The van der Waals surface area contributed by atoms with Crippen LogP contribution in [0.3, 0.4) is 0 Å². The lowest BCUT2D eigenvalue weighted by Gasteiger charge is -2.45. The van der Waals surface area contributed by atoms with Crippen molar-refractivity contribution >= 4 is 0 Å². The Morgan fingerprint density at radius 3 is 2.45 bits per heavy atom. The smallest absolute Gasteiger partial charge is 0.0240 e.